The Hall–Kier alpha value is -2.00. The third-order valence-electron chi connectivity index (χ3n) is 4.84. The lowest BCUT2D eigenvalue weighted by Crippen LogP contribution is -2.31. The first-order chi connectivity index (χ1) is 13.3. The summed E-state index contributed by atoms with van der Waals surface area (Å²) in [5.74, 6) is 0. The molecule has 150 valence electrons. The van der Waals surface area contributed by atoms with Gasteiger partial charge in [0.05, 0.1) is 9.79 Å². The average Bonchev–Trinajstić information content (AvgIpc) is 3.21. The quantitative estimate of drug-likeness (QED) is 0.690. The zero-order chi connectivity index (χ0) is 20.4. The van der Waals surface area contributed by atoms with Crippen molar-refractivity contribution in [3.8, 4) is 0 Å². The summed E-state index contributed by atoms with van der Waals surface area (Å²) in [6.07, 6.45) is 1.91. The molecule has 1 aliphatic rings. The van der Waals surface area contributed by atoms with Gasteiger partial charge in [-0.3, -0.25) is 0 Å². The van der Waals surface area contributed by atoms with Crippen LogP contribution in [0.2, 0.25) is 0 Å². The molecule has 0 saturated carbocycles. The largest absolute Gasteiger partial charge is 0.243 e. The van der Waals surface area contributed by atoms with Crippen molar-refractivity contribution in [3.63, 3.8) is 0 Å². The van der Waals surface area contributed by atoms with Crippen molar-refractivity contribution in [1.82, 2.24) is 8.61 Å². The minimum atomic E-state index is -3.70. The van der Waals surface area contributed by atoms with Crippen molar-refractivity contribution in [1.29, 1.82) is 0 Å². The molecule has 0 aliphatic carbocycles. The molecule has 0 atom stereocenters. The maximum atomic E-state index is 13.0. The van der Waals surface area contributed by atoms with E-state index in [4.69, 9.17) is 0 Å². The average molecular weight is 421 g/mol. The van der Waals surface area contributed by atoms with Crippen molar-refractivity contribution >= 4 is 25.6 Å². The Morgan fingerprint density at radius 2 is 1.43 bits per heavy atom. The Labute approximate surface area is 167 Å². The highest BCUT2D eigenvalue weighted by Gasteiger charge is 2.29. The minimum Gasteiger partial charge on any atom is -0.207 e. The van der Waals surface area contributed by atoms with Crippen LogP contribution in [0, 0.1) is 0 Å². The van der Waals surface area contributed by atoms with E-state index in [1.807, 2.05) is 36.4 Å². The third-order valence-corrected chi connectivity index (χ3v) is 8.73. The van der Waals surface area contributed by atoms with E-state index < -0.39 is 20.0 Å². The van der Waals surface area contributed by atoms with Gasteiger partial charge in [-0.2, -0.15) is 8.61 Å². The lowest BCUT2D eigenvalue weighted by Gasteiger charge is -2.19. The molecule has 3 rings (SSSR count). The maximum Gasteiger partial charge on any atom is 0.243 e. The fourth-order valence-corrected chi connectivity index (χ4v) is 6.04. The van der Waals surface area contributed by atoms with Gasteiger partial charge < -0.3 is 0 Å². The first kappa shape index (κ1) is 20.7. The highest BCUT2D eigenvalue weighted by Crippen LogP contribution is 2.27. The van der Waals surface area contributed by atoms with Crippen molar-refractivity contribution < 1.29 is 16.8 Å². The predicted octanol–water partition coefficient (Wildman–Crippen LogP) is 2.81. The van der Waals surface area contributed by atoms with E-state index >= 15 is 0 Å². The SMILES string of the molecule is CCN(CC)S(=O)(=O)c1ccc(S(=O)(=O)N2CC=C(c3ccccc3)C2)cc1. The molecule has 0 spiro atoms. The maximum absolute atomic E-state index is 13.0. The number of hydrogen-bond donors (Lipinski definition) is 0. The van der Waals surface area contributed by atoms with Crippen LogP contribution in [0.5, 0.6) is 0 Å². The van der Waals surface area contributed by atoms with Crippen LogP contribution in [0.15, 0.2) is 70.5 Å². The van der Waals surface area contributed by atoms with Gasteiger partial charge in [0.2, 0.25) is 20.0 Å². The van der Waals surface area contributed by atoms with Gasteiger partial charge in [-0.15, -0.1) is 0 Å². The number of nitrogens with zero attached hydrogens (tertiary/aromatic N) is 2. The molecule has 0 saturated heterocycles. The van der Waals surface area contributed by atoms with Gasteiger partial charge in [0, 0.05) is 26.2 Å². The lowest BCUT2D eigenvalue weighted by molar-refractivity contribution is 0.445. The summed E-state index contributed by atoms with van der Waals surface area (Å²) in [5, 5.41) is 0. The molecular weight excluding hydrogens is 396 g/mol. The molecule has 0 radical (unpaired) electrons. The summed E-state index contributed by atoms with van der Waals surface area (Å²) in [6.45, 7) is 4.86. The third kappa shape index (κ3) is 3.91. The summed E-state index contributed by atoms with van der Waals surface area (Å²) >= 11 is 0. The van der Waals surface area contributed by atoms with Gasteiger partial charge >= 0.3 is 0 Å². The molecule has 1 aliphatic heterocycles. The number of sulfonamides is 2. The molecule has 8 heteroatoms. The van der Waals surface area contributed by atoms with E-state index in [2.05, 4.69) is 0 Å². The summed E-state index contributed by atoms with van der Waals surface area (Å²) in [4.78, 5) is 0.188. The van der Waals surface area contributed by atoms with E-state index in [0.29, 0.717) is 26.2 Å². The van der Waals surface area contributed by atoms with E-state index in [9.17, 15) is 16.8 Å². The molecule has 0 aromatic heterocycles. The van der Waals surface area contributed by atoms with Crippen LogP contribution in [0.4, 0.5) is 0 Å². The topological polar surface area (TPSA) is 74.8 Å². The van der Waals surface area contributed by atoms with E-state index in [-0.39, 0.29) is 9.79 Å². The van der Waals surface area contributed by atoms with Gasteiger partial charge in [0.25, 0.3) is 0 Å². The first-order valence-corrected chi connectivity index (χ1v) is 12.0. The van der Waals surface area contributed by atoms with Crippen LogP contribution in [0.25, 0.3) is 5.57 Å². The van der Waals surface area contributed by atoms with E-state index in [1.54, 1.807) is 13.8 Å². The van der Waals surface area contributed by atoms with Crippen LogP contribution in [0.1, 0.15) is 19.4 Å². The fraction of sp³-hybridized carbons (Fsp3) is 0.300. The number of rotatable bonds is 7. The zero-order valence-electron chi connectivity index (χ0n) is 15.9. The van der Waals surface area contributed by atoms with Gasteiger partial charge in [-0.05, 0) is 35.4 Å². The molecule has 2 aromatic rings. The molecule has 0 amide bonds. The van der Waals surface area contributed by atoms with Crippen molar-refractivity contribution in [2.45, 2.75) is 23.6 Å². The number of benzene rings is 2. The highest BCUT2D eigenvalue weighted by molar-refractivity contribution is 7.89. The van der Waals surface area contributed by atoms with Gasteiger partial charge in [-0.1, -0.05) is 50.3 Å². The second kappa shape index (κ2) is 8.16. The number of hydrogen-bond acceptors (Lipinski definition) is 4. The molecule has 0 bridgehead atoms. The molecular formula is C20H24N2O4S2. The van der Waals surface area contributed by atoms with Gasteiger partial charge in [0.15, 0.2) is 0 Å². The normalized spacial score (nSPS) is 15.8. The zero-order valence-corrected chi connectivity index (χ0v) is 17.6. The smallest absolute Gasteiger partial charge is 0.207 e. The first-order valence-electron chi connectivity index (χ1n) is 9.15. The molecule has 28 heavy (non-hydrogen) atoms. The van der Waals surface area contributed by atoms with Crippen LogP contribution >= 0.6 is 0 Å². The Bertz CT molecular complexity index is 1060. The predicted molar refractivity (Wildman–Crippen MR) is 110 cm³/mol. The Kier molecular flexibility index (Phi) is 6.04. The van der Waals surface area contributed by atoms with E-state index in [1.165, 1.54) is 32.9 Å². The molecule has 1 heterocycles. The molecule has 2 aromatic carbocycles. The van der Waals surface area contributed by atoms with Crippen LogP contribution in [-0.2, 0) is 20.0 Å². The summed E-state index contributed by atoms with van der Waals surface area (Å²) in [5.41, 5.74) is 1.96. The second-order valence-electron chi connectivity index (χ2n) is 6.45. The molecule has 0 unspecified atom stereocenters. The van der Waals surface area contributed by atoms with Crippen molar-refractivity contribution in [2.24, 2.45) is 0 Å². The van der Waals surface area contributed by atoms with Crippen LogP contribution in [-0.4, -0.2) is 51.6 Å². The van der Waals surface area contributed by atoms with Gasteiger partial charge in [0.1, 0.15) is 0 Å². The molecule has 0 fully saturated rings. The minimum absolute atomic E-state index is 0.0914. The Balaban J connectivity index is 1.80. The second-order valence-corrected chi connectivity index (χ2v) is 10.3. The molecule has 6 nitrogen and oxygen atoms in total. The molecule has 0 N–H and O–H groups in total. The summed E-state index contributed by atoms with van der Waals surface area (Å²) in [6, 6.07) is 15.1. The summed E-state index contributed by atoms with van der Waals surface area (Å²) < 4.78 is 53.8. The van der Waals surface area contributed by atoms with E-state index in [0.717, 1.165) is 11.1 Å². The Morgan fingerprint density at radius 1 is 0.857 bits per heavy atom. The Morgan fingerprint density at radius 3 is 2.00 bits per heavy atom. The standard InChI is InChI=1S/C20H24N2O4S2/c1-3-21(4-2)27(23,24)19-10-12-20(13-11-19)28(25,26)22-15-14-18(16-22)17-8-6-5-7-9-17/h5-14H,3-4,15-16H2,1-2H3. The highest BCUT2D eigenvalue weighted by atomic mass is 32.2. The lowest BCUT2D eigenvalue weighted by atomic mass is 10.1. The van der Waals surface area contributed by atoms with Crippen LogP contribution < -0.4 is 0 Å². The monoisotopic (exact) mass is 420 g/mol. The van der Waals surface area contributed by atoms with Crippen LogP contribution in [0.3, 0.4) is 0 Å². The fourth-order valence-electron chi connectivity index (χ4n) is 3.22. The van der Waals surface area contributed by atoms with Crippen molar-refractivity contribution in [2.75, 3.05) is 26.2 Å². The van der Waals surface area contributed by atoms with Gasteiger partial charge in [-0.25, -0.2) is 16.8 Å². The summed E-state index contributed by atoms with van der Waals surface area (Å²) in [7, 11) is -7.31. The van der Waals surface area contributed by atoms with Crippen molar-refractivity contribution in [3.05, 3.63) is 66.2 Å².